The van der Waals surface area contributed by atoms with Crippen molar-refractivity contribution in [3.8, 4) is 11.8 Å². The van der Waals surface area contributed by atoms with E-state index >= 15 is 0 Å². The van der Waals surface area contributed by atoms with Crippen molar-refractivity contribution in [2.24, 2.45) is 5.92 Å². The molecule has 26 heavy (non-hydrogen) atoms. The zero-order valence-corrected chi connectivity index (χ0v) is 14.4. The molecule has 0 aliphatic carbocycles. The number of amides is 1. The van der Waals surface area contributed by atoms with Gasteiger partial charge in [0.05, 0.1) is 11.5 Å². The second kappa shape index (κ2) is 8.77. The summed E-state index contributed by atoms with van der Waals surface area (Å²) in [5, 5.41) is 18.2. The van der Waals surface area contributed by atoms with Crippen LogP contribution in [0.15, 0.2) is 42.5 Å². The van der Waals surface area contributed by atoms with E-state index in [1.807, 2.05) is 0 Å². The van der Waals surface area contributed by atoms with Gasteiger partial charge in [-0.1, -0.05) is 18.2 Å². The topological polar surface area (TPSA) is 81.4 Å². The highest BCUT2D eigenvalue weighted by molar-refractivity contribution is 5.92. The first-order chi connectivity index (χ1) is 12.5. The summed E-state index contributed by atoms with van der Waals surface area (Å²) in [5.74, 6) is -1.68. The Bertz CT molecular complexity index is 828. The van der Waals surface area contributed by atoms with Gasteiger partial charge in [-0.3, -0.25) is 4.79 Å². The average molecular weight is 354 g/mol. The van der Waals surface area contributed by atoms with Crippen LogP contribution in [0.1, 0.15) is 23.6 Å². The first-order valence-electron chi connectivity index (χ1n) is 8.19. The molecule has 1 N–H and O–H groups in total. The van der Waals surface area contributed by atoms with Gasteiger partial charge in [-0.05, 0) is 48.7 Å². The average Bonchev–Trinajstić information content (AvgIpc) is 2.66. The highest BCUT2D eigenvalue weighted by Gasteiger charge is 2.23. The first-order valence-corrected chi connectivity index (χ1v) is 8.19. The molecule has 134 valence electrons. The van der Waals surface area contributed by atoms with Crippen molar-refractivity contribution < 1.29 is 19.1 Å². The predicted molar refractivity (Wildman–Crippen MR) is 93.6 cm³/mol. The Hall–Kier alpha value is -3.20. The molecule has 0 bridgehead atoms. The lowest BCUT2D eigenvalue weighted by atomic mass is 9.98. The van der Waals surface area contributed by atoms with Gasteiger partial charge in [0.15, 0.2) is 0 Å². The number of carbonyl (C=O) groups excluding carboxylic acids is 2. The maximum Gasteiger partial charge on any atom is 0.233 e. The number of halogens is 1. The molecule has 0 radical (unpaired) electrons. The summed E-state index contributed by atoms with van der Waals surface area (Å²) in [5.41, 5.74) is 1.30. The number of rotatable bonds is 7. The van der Waals surface area contributed by atoms with Crippen molar-refractivity contribution in [1.29, 1.82) is 5.26 Å². The Morgan fingerprint density at radius 2 is 1.92 bits per heavy atom. The van der Waals surface area contributed by atoms with E-state index < -0.39 is 11.7 Å². The summed E-state index contributed by atoms with van der Waals surface area (Å²) in [6.07, 6.45) is 0.842. The van der Waals surface area contributed by atoms with Crippen LogP contribution in [0.25, 0.3) is 0 Å². The predicted octanol–water partition coefficient (Wildman–Crippen LogP) is 2.81. The van der Waals surface area contributed by atoms with E-state index in [-0.39, 0.29) is 30.2 Å². The smallest absolute Gasteiger partial charge is 0.233 e. The molecule has 2 aromatic rings. The molecule has 2 aromatic carbocycles. The van der Waals surface area contributed by atoms with E-state index in [9.17, 15) is 19.1 Å². The Morgan fingerprint density at radius 3 is 2.50 bits per heavy atom. The third-order valence-corrected chi connectivity index (χ3v) is 4.09. The van der Waals surface area contributed by atoms with Crippen molar-refractivity contribution in [2.45, 2.75) is 19.9 Å². The normalized spacial score (nSPS) is 11.4. The standard InChI is InChI=1S/C20H19FN2O3/c1-2-23(12-15-5-8-19(21)16(10-15)11-22)20(26)17(13-24)9-14-3-6-18(25)7-4-14/h3-8,10,13,17,25H,2,9,12H2,1H3. The van der Waals surface area contributed by atoms with Crippen LogP contribution in [0.3, 0.4) is 0 Å². The highest BCUT2D eigenvalue weighted by Crippen LogP contribution is 2.17. The molecule has 0 aliphatic heterocycles. The van der Waals surface area contributed by atoms with E-state index in [4.69, 9.17) is 5.26 Å². The third kappa shape index (κ3) is 4.67. The van der Waals surface area contributed by atoms with Crippen molar-refractivity contribution in [2.75, 3.05) is 6.54 Å². The van der Waals surface area contributed by atoms with Crippen LogP contribution in [0, 0.1) is 23.1 Å². The molecule has 0 aromatic heterocycles. The van der Waals surface area contributed by atoms with Gasteiger partial charge < -0.3 is 14.8 Å². The molecule has 0 spiro atoms. The van der Waals surface area contributed by atoms with Gasteiger partial charge in [-0.15, -0.1) is 0 Å². The first kappa shape index (κ1) is 19.1. The van der Waals surface area contributed by atoms with E-state index in [1.165, 1.54) is 35.2 Å². The van der Waals surface area contributed by atoms with Crippen LogP contribution >= 0.6 is 0 Å². The van der Waals surface area contributed by atoms with Crippen molar-refractivity contribution in [3.63, 3.8) is 0 Å². The molecule has 0 fully saturated rings. The van der Waals surface area contributed by atoms with E-state index in [1.54, 1.807) is 25.1 Å². The Balaban J connectivity index is 2.14. The van der Waals surface area contributed by atoms with Gasteiger partial charge in [-0.2, -0.15) is 5.26 Å². The van der Waals surface area contributed by atoms with E-state index in [2.05, 4.69) is 0 Å². The molecule has 6 heteroatoms. The molecule has 5 nitrogen and oxygen atoms in total. The van der Waals surface area contributed by atoms with E-state index in [0.29, 0.717) is 18.4 Å². The van der Waals surface area contributed by atoms with Gasteiger partial charge in [-0.25, -0.2) is 4.39 Å². The quantitative estimate of drug-likeness (QED) is 0.612. The summed E-state index contributed by atoms with van der Waals surface area (Å²) >= 11 is 0. The van der Waals surface area contributed by atoms with Gasteiger partial charge in [0.2, 0.25) is 5.91 Å². The van der Waals surface area contributed by atoms with Crippen LogP contribution in [0.2, 0.25) is 0 Å². The molecular formula is C20H19FN2O3. The number of aldehydes is 1. The zero-order valence-electron chi connectivity index (χ0n) is 14.4. The molecule has 0 saturated heterocycles. The number of phenolic OH excluding ortho intramolecular Hbond substituents is 1. The Labute approximate surface area is 151 Å². The Kier molecular flexibility index (Phi) is 6.45. The number of benzene rings is 2. The molecule has 0 saturated carbocycles. The zero-order chi connectivity index (χ0) is 19.1. The fourth-order valence-corrected chi connectivity index (χ4v) is 2.64. The van der Waals surface area contributed by atoms with Crippen molar-refractivity contribution >= 4 is 12.2 Å². The van der Waals surface area contributed by atoms with Crippen LogP contribution in [0.5, 0.6) is 5.75 Å². The molecule has 1 amide bonds. The number of hydrogen-bond acceptors (Lipinski definition) is 4. The lowest BCUT2D eigenvalue weighted by Gasteiger charge is -2.24. The van der Waals surface area contributed by atoms with Gasteiger partial charge in [0.25, 0.3) is 0 Å². The summed E-state index contributed by atoms with van der Waals surface area (Å²) in [6.45, 7) is 2.34. The lowest BCUT2D eigenvalue weighted by Crippen LogP contribution is -2.37. The minimum absolute atomic E-state index is 0.0815. The highest BCUT2D eigenvalue weighted by atomic mass is 19.1. The number of phenols is 1. The SMILES string of the molecule is CCN(Cc1ccc(F)c(C#N)c1)C(=O)C(C=O)Cc1ccc(O)cc1. The van der Waals surface area contributed by atoms with Crippen LogP contribution in [-0.4, -0.2) is 28.7 Å². The van der Waals surface area contributed by atoms with Crippen LogP contribution in [-0.2, 0) is 22.6 Å². The lowest BCUT2D eigenvalue weighted by molar-refractivity contribution is -0.138. The van der Waals surface area contributed by atoms with Gasteiger partial charge in [0.1, 0.15) is 23.9 Å². The summed E-state index contributed by atoms with van der Waals surface area (Å²) < 4.78 is 13.4. The number of nitriles is 1. The number of carbonyl (C=O) groups is 2. The maximum absolute atomic E-state index is 13.4. The van der Waals surface area contributed by atoms with Crippen LogP contribution in [0.4, 0.5) is 4.39 Å². The van der Waals surface area contributed by atoms with Crippen molar-refractivity contribution in [3.05, 3.63) is 65.0 Å². The molecule has 1 atom stereocenters. The monoisotopic (exact) mass is 354 g/mol. The largest absolute Gasteiger partial charge is 0.508 e. The number of hydrogen-bond donors (Lipinski definition) is 1. The van der Waals surface area contributed by atoms with Gasteiger partial charge >= 0.3 is 0 Å². The number of nitrogens with zero attached hydrogens (tertiary/aromatic N) is 2. The minimum atomic E-state index is -0.852. The Morgan fingerprint density at radius 1 is 1.27 bits per heavy atom. The second-order valence-corrected chi connectivity index (χ2v) is 5.89. The maximum atomic E-state index is 13.4. The fourth-order valence-electron chi connectivity index (χ4n) is 2.64. The third-order valence-electron chi connectivity index (χ3n) is 4.09. The van der Waals surface area contributed by atoms with Crippen molar-refractivity contribution in [1.82, 2.24) is 4.90 Å². The molecule has 0 aliphatic rings. The van der Waals surface area contributed by atoms with Crippen LogP contribution < -0.4 is 0 Å². The second-order valence-electron chi connectivity index (χ2n) is 5.89. The fraction of sp³-hybridized carbons (Fsp3) is 0.250. The number of aromatic hydroxyl groups is 1. The van der Waals surface area contributed by atoms with Gasteiger partial charge in [0, 0.05) is 13.1 Å². The molecule has 0 heterocycles. The molecule has 2 rings (SSSR count). The summed E-state index contributed by atoms with van der Waals surface area (Å²) in [7, 11) is 0. The summed E-state index contributed by atoms with van der Waals surface area (Å²) in [6, 6.07) is 12.2. The summed E-state index contributed by atoms with van der Waals surface area (Å²) in [4.78, 5) is 25.6. The minimum Gasteiger partial charge on any atom is -0.508 e. The molecular weight excluding hydrogens is 335 g/mol. The molecule has 1 unspecified atom stereocenters. The van der Waals surface area contributed by atoms with E-state index in [0.717, 1.165) is 5.56 Å².